The molecule has 0 spiro atoms. The summed E-state index contributed by atoms with van der Waals surface area (Å²) < 4.78 is 0. The summed E-state index contributed by atoms with van der Waals surface area (Å²) >= 11 is 0. The molecule has 0 unspecified atom stereocenters. The minimum atomic E-state index is 0.187. The zero-order chi connectivity index (χ0) is 15.6. The Hall–Kier alpha value is -2.29. The van der Waals surface area contributed by atoms with E-state index in [0.717, 1.165) is 38.2 Å². The number of para-hydroxylation sites is 1. The largest absolute Gasteiger partial charge is 0.368 e. The van der Waals surface area contributed by atoms with Gasteiger partial charge in [-0.2, -0.15) is 0 Å². The van der Waals surface area contributed by atoms with Crippen molar-refractivity contribution in [3.05, 3.63) is 65.2 Å². The van der Waals surface area contributed by atoms with Gasteiger partial charge in [-0.25, -0.2) is 0 Å². The molecule has 23 heavy (non-hydrogen) atoms. The first-order valence-electron chi connectivity index (χ1n) is 8.52. The predicted octanol–water partition coefficient (Wildman–Crippen LogP) is 3.14. The van der Waals surface area contributed by atoms with Crippen molar-refractivity contribution in [2.45, 2.75) is 19.3 Å². The van der Waals surface area contributed by atoms with Gasteiger partial charge in [0.05, 0.1) is 0 Å². The first kappa shape index (κ1) is 14.3. The molecule has 1 aliphatic heterocycles. The van der Waals surface area contributed by atoms with E-state index in [9.17, 15) is 4.79 Å². The number of rotatable bonds is 2. The van der Waals surface area contributed by atoms with Crippen molar-refractivity contribution >= 4 is 11.6 Å². The molecular weight excluding hydrogens is 284 g/mol. The van der Waals surface area contributed by atoms with Crippen molar-refractivity contribution in [1.29, 1.82) is 0 Å². The molecular formula is C20H22N2O. The molecule has 2 aliphatic rings. The van der Waals surface area contributed by atoms with Gasteiger partial charge in [0.2, 0.25) is 0 Å². The molecule has 2 aromatic carbocycles. The van der Waals surface area contributed by atoms with Crippen LogP contribution in [0.3, 0.4) is 0 Å². The minimum Gasteiger partial charge on any atom is -0.368 e. The number of carbonyl (C=O) groups is 1. The maximum absolute atomic E-state index is 12.8. The van der Waals surface area contributed by atoms with Crippen LogP contribution >= 0.6 is 0 Å². The number of hydrogen-bond acceptors (Lipinski definition) is 2. The van der Waals surface area contributed by atoms with Gasteiger partial charge in [0.15, 0.2) is 0 Å². The number of hydrogen-bond donors (Lipinski definition) is 0. The molecule has 0 N–H and O–H groups in total. The molecule has 0 aromatic heterocycles. The highest BCUT2D eigenvalue weighted by Crippen LogP contribution is 2.24. The molecule has 1 heterocycles. The number of anilines is 1. The molecule has 1 aliphatic carbocycles. The zero-order valence-corrected chi connectivity index (χ0v) is 13.4. The van der Waals surface area contributed by atoms with Crippen LogP contribution in [0.15, 0.2) is 48.5 Å². The number of amides is 1. The lowest BCUT2D eigenvalue weighted by Crippen LogP contribution is -2.48. The second-order valence-electron chi connectivity index (χ2n) is 6.45. The van der Waals surface area contributed by atoms with Crippen LogP contribution in [0.5, 0.6) is 0 Å². The van der Waals surface area contributed by atoms with E-state index in [1.165, 1.54) is 29.7 Å². The fourth-order valence-corrected chi connectivity index (χ4v) is 3.69. The van der Waals surface area contributed by atoms with Crippen LogP contribution in [0.25, 0.3) is 0 Å². The molecule has 118 valence electrons. The van der Waals surface area contributed by atoms with Crippen molar-refractivity contribution in [2.24, 2.45) is 0 Å². The molecule has 3 heteroatoms. The maximum Gasteiger partial charge on any atom is 0.253 e. The SMILES string of the molecule is O=C(c1ccc2c(c1)CCC2)N1CCN(c2ccccc2)CC1. The Balaban J connectivity index is 1.43. The van der Waals surface area contributed by atoms with Crippen molar-refractivity contribution < 1.29 is 4.79 Å². The average Bonchev–Trinajstić information content (AvgIpc) is 3.10. The summed E-state index contributed by atoms with van der Waals surface area (Å²) in [6, 6.07) is 16.7. The summed E-state index contributed by atoms with van der Waals surface area (Å²) in [5, 5.41) is 0. The molecule has 1 saturated heterocycles. The molecule has 1 amide bonds. The minimum absolute atomic E-state index is 0.187. The van der Waals surface area contributed by atoms with Gasteiger partial charge in [-0.05, 0) is 54.7 Å². The predicted molar refractivity (Wildman–Crippen MR) is 93.0 cm³/mol. The molecule has 0 radical (unpaired) electrons. The van der Waals surface area contributed by atoms with Crippen LogP contribution in [0.2, 0.25) is 0 Å². The third kappa shape index (κ3) is 2.83. The van der Waals surface area contributed by atoms with Gasteiger partial charge in [0.25, 0.3) is 5.91 Å². The lowest BCUT2D eigenvalue weighted by atomic mass is 10.1. The Morgan fingerprint density at radius 1 is 0.826 bits per heavy atom. The first-order valence-corrected chi connectivity index (χ1v) is 8.52. The number of fused-ring (bicyclic) bond motifs is 1. The van der Waals surface area contributed by atoms with Gasteiger partial charge in [-0.3, -0.25) is 4.79 Å². The van der Waals surface area contributed by atoms with Gasteiger partial charge >= 0.3 is 0 Å². The Morgan fingerprint density at radius 2 is 1.57 bits per heavy atom. The summed E-state index contributed by atoms with van der Waals surface area (Å²) in [5.41, 5.74) is 4.91. The number of benzene rings is 2. The van der Waals surface area contributed by atoms with Gasteiger partial charge in [-0.15, -0.1) is 0 Å². The van der Waals surface area contributed by atoms with Gasteiger partial charge in [0.1, 0.15) is 0 Å². The van der Waals surface area contributed by atoms with E-state index in [4.69, 9.17) is 0 Å². The van der Waals surface area contributed by atoms with E-state index in [-0.39, 0.29) is 5.91 Å². The lowest BCUT2D eigenvalue weighted by molar-refractivity contribution is 0.0746. The summed E-state index contributed by atoms with van der Waals surface area (Å²) in [4.78, 5) is 17.1. The lowest BCUT2D eigenvalue weighted by Gasteiger charge is -2.36. The molecule has 0 bridgehead atoms. The quantitative estimate of drug-likeness (QED) is 0.851. The van der Waals surface area contributed by atoms with E-state index < -0.39 is 0 Å². The summed E-state index contributed by atoms with van der Waals surface area (Å²) in [5.74, 6) is 0.187. The van der Waals surface area contributed by atoms with E-state index in [1.807, 2.05) is 17.0 Å². The molecule has 0 atom stereocenters. The van der Waals surface area contributed by atoms with Crippen LogP contribution in [-0.2, 0) is 12.8 Å². The molecule has 4 rings (SSSR count). The van der Waals surface area contributed by atoms with E-state index in [0.29, 0.717) is 0 Å². The maximum atomic E-state index is 12.8. The van der Waals surface area contributed by atoms with E-state index in [2.05, 4.69) is 41.3 Å². The molecule has 0 saturated carbocycles. The highest BCUT2D eigenvalue weighted by molar-refractivity contribution is 5.94. The second kappa shape index (κ2) is 6.07. The number of piperazine rings is 1. The van der Waals surface area contributed by atoms with E-state index in [1.54, 1.807) is 0 Å². The van der Waals surface area contributed by atoms with Crippen molar-refractivity contribution in [3.8, 4) is 0 Å². The Kier molecular flexibility index (Phi) is 3.78. The second-order valence-corrected chi connectivity index (χ2v) is 6.45. The number of nitrogens with zero attached hydrogens (tertiary/aromatic N) is 2. The fourth-order valence-electron chi connectivity index (χ4n) is 3.69. The zero-order valence-electron chi connectivity index (χ0n) is 13.4. The van der Waals surface area contributed by atoms with Crippen LogP contribution in [0.1, 0.15) is 27.9 Å². The normalized spacial score (nSPS) is 17.2. The molecule has 2 aromatic rings. The van der Waals surface area contributed by atoms with Gasteiger partial charge < -0.3 is 9.80 Å². The van der Waals surface area contributed by atoms with Gasteiger partial charge in [-0.1, -0.05) is 24.3 Å². The standard InChI is InChI=1S/C20H22N2O/c23-20(18-10-9-16-5-4-6-17(16)15-18)22-13-11-21(12-14-22)19-7-2-1-3-8-19/h1-3,7-10,15H,4-6,11-14H2. The molecule has 3 nitrogen and oxygen atoms in total. The van der Waals surface area contributed by atoms with Crippen LogP contribution in [0, 0.1) is 0 Å². The number of aryl methyl sites for hydroxylation is 2. The monoisotopic (exact) mass is 306 g/mol. The molecule has 1 fully saturated rings. The summed E-state index contributed by atoms with van der Waals surface area (Å²) in [6.45, 7) is 3.40. The average molecular weight is 306 g/mol. The highest BCUT2D eigenvalue weighted by Gasteiger charge is 2.23. The summed E-state index contributed by atoms with van der Waals surface area (Å²) in [7, 11) is 0. The van der Waals surface area contributed by atoms with Gasteiger partial charge in [0, 0.05) is 37.4 Å². The topological polar surface area (TPSA) is 23.6 Å². The van der Waals surface area contributed by atoms with Crippen molar-refractivity contribution in [2.75, 3.05) is 31.1 Å². The van der Waals surface area contributed by atoms with Crippen molar-refractivity contribution in [1.82, 2.24) is 4.90 Å². The summed E-state index contributed by atoms with van der Waals surface area (Å²) in [6.07, 6.45) is 3.51. The number of carbonyl (C=O) groups excluding carboxylic acids is 1. The smallest absolute Gasteiger partial charge is 0.253 e. The van der Waals surface area contributed by atoms with E-state index >= 15 is 0 Å². The third-order valence-corrected chi connectivity index (χ3v) is 5.03. The van der Waals surface area contributed by atoms with Crippen molar-refractivity contribution in [3.63, 3.8) is 0 Å². The first-order chi connectivity index (χ1) is 11.3. The Bertz CT molecular complexity index is 703. The van der Waals surface area contributed by atoms with Crippen LogP contribution in [-0.4, -0.2) is 37.0 Å². The fraction of sp³-hybridized carbons (Fsp3) is 0.350. The third-order valence-electron chi connectivity index (χ3n) is 5.03. The van der Waals surface area contributed by atoms with Crippen LogP contribution < -0.4 is 4.90 Å². The Morgan fingerprint density at radius 3 is 2.35 bits per heavy atom. The van der Waals surface area contributed by atoms with Crippen LogP contribution in [0.4, 0.5) is 5.69 Å². The Labute approximate surface area is 137 Å². The highest BCUT2D eigenvalue weighted by atomic mass is 16.2.